The Hall–Kier alpha value is -3.74. The summed E-state index contributed by atoms with van der Waals surface area (Å²) in [7, 11) is 0. The summed E-state index contributed by atoms with van der Waals surface area (Å²) in [5.41, 5.74) is 9.62. The molecule has 1 aliphatic rings. The van der Waals surface area contributed by atoms with Crippen molar-refractivity contribution >= 4 is 17.6 Å². The number of H-pyrrole nitrogens is 1. The molecule has 7 heteroatoms. The number of aromatic amines is 1. The Morgan fingerprint density at radius 1 is 1.17 bits per heavy atom. The van der Waals surface area contributed by atoms with Crippen LogP contribution in [-0.2, 0) is 0 Å². The molecule has 0 bridgehead atoms. The van der Waals surface area contributed by atoms with Crippen LogP contribution in [0.4, 0.5) is 4.79 Å². The molecule has 0 unspecified atom stereocenters. The van der Waals surface area contributed by atoms with E-state index in [0.29, 0.717) is 22.8 Å². The third-order valence-electron chi connectivity index (χ3n) is 5.28. The number of aromatic nitrogens is 2. The minimum atomic E-state index is -0.660. The van der Waals surface area contributed by atoms with Crippen LogP contribution >= 0.6 is 0 Å². The minimum absolute atomic E-state index is 0.0361. The summed E-state index contributed by atoms with van der Waals surface area (Å²) >= 11 is 0. The van der Waals surface area contributed by atoms with Crippen molar-refractivity contribution in [2.75, 3.05) is 0 Å². The highest BCUT2D eigenvalue weighted by molar-refractivity contribution is 6.09. The van der Waals surface area contributed by atoms with Gasteiger partial charge in [-0.2, -0.15) is 0 Å². The number of hydrogen-bond donors (Lipinski definition) is 3. The number of rotatable bonds is 5. The number of Topliss-reactive ketones (excluding diaryl/α,β-unsaturated/α-hetero) is 1. The second kappa shape index (κ2) is 7.59. The van der Waals surface area contributed by atoms with Gasteiger partial charge in [0.05, 0.1) is 5.69 Å². The van der Waals surface area contributed by atoms with Gasteiger partial charge in [-0.05, 0) is 38.3 Å². The van der Waals surface area contributed by atoms with Gasteiger partial charge in [-0.1, -0.05) is 42.5 Å². The zero-order chi connectivity index (χ0) is 21.4. The monoisotopic (exact) mass is 401 g/mol. The summed E-state index contributed by atoms with van der Waals surface area (Å²) in [6.07, 6.45) is 1.63. The van der Waals surface area contributed by atoms with Crippen LogP contribution in [0.3, 0.4) is 0 Å². The maximum absolute atomic E-state index is 12.1. The lowest BCUT2D eigenvalue weighted by molar-refractivity contribution is 0.101. The Morgan fingerprint density at radius 2 is 1.87 bits per heavy atom. The fourth-order valence-electron chi connectivity index (χ4n) is 3.50. The normalized spacial score (nSPS) is 13.1. The van der Waals surface area contributed by atoms with Gasteiger partial charge in [0.15, 0.2) is 11.6 Å². The van der Waals surface area contributed by atoms with E-state index in [0.717, 1.165) is 29.5 Å². The van der Waals surface area contributed by atoms with E-state index in [2.05, 4.69) is 9.97 Å². The number of ketones is 1. The van der Waals surface area contributed by atoms with Gasteiger partial charge in [-0.15, -0.1) is 0 Å². The highest BCUT2D eigenvalue weighted by Gasteiger charge is 2.36. The van der Waals surface area contributed by atoms with Crippen LogP contribution in [0.1, 0.15) is 41.4 Å². The fraction of sp³-hybridized carbons (Fsp3) is 0.217. The molecule has 7 nitrogen and oxygen atoms in total. The van der Waals surface area contributed by atoms with Crippen molar-refractivity contribution in [2.45, 2.75) is 32.7 Å². The van der Waals surface area contributed by atoms with Crippen molar-refractivity contribution in [3.63, 3.8) is 0 Å². The Bertz CT molecular complexity index is 1150. The molecule has 30 heavy (non-hydrogen) atoms. The molecule has 1 saturated carbocycles. The number of benzene rings is 2. The fourth-order valence-corrected chi connectivity index (χ4v) is 3.50. The molecule has 0 aliphatic heterocycles. The van der Waals surface area contributed by atoms with Crippen LogP contribution in [0, 0.1) is 12.3 Å². The molecule has 0 radical (unpaired) electrons. The predicted octanol–water partition coefficient (Wildman–Crippen LogP) is 4.12. The molecule has 2 aromatic carbocycles. The zero-order valence-electron chi connectivity index (χ0n) is 16.9. The predicted molar refractivity (Wildman–Crippen MR) is 115 cm³/mol. The number of nitrogens with zero attached hydrogens (tertiary/aromatic N) is 2. The standard InChI is InChI=1S/C23H23N5O2/c1-13-8-9-16(14(2)29)12-18(13)19-20(21(24)28(23(25)30)17-10-11-17)27-22(26-19)15-6-4-3-5-7-15/h3-9,12,17,24H,10-11H2,1-2H3,(H2,25,30)(H,26,27). The number of urea groups is 1. The molecule has 4 N–H and O–H groups in total. The van der Waals surface area contributed by atoms with Crippen LogP contribution in [0.15, 0.2) is 48.5 Å². The average molecular weight is 401 g/mol. The van der Waals surface area contributed by atoms with Crippen molar-refractivity contribution in [2.24, 2.45) is 5.73 Å². The van der Waals surface area contributed by atoms with Crippen LogP contribution in [0.2, 0.25) is 0 Å². The lowest BCUT2D eigenvalue weighted by Crippen LogP contribution is -2.42. The smallest absolute Gasteiger partial charge is 0.320 e. The highest BCUT2D eigenvalue weighted by Crippen LogP contribution is 2.33. The Morgan fingerprint density at radius 3 is 2.47 bits per heavy atom. The lowest BCUT2D eigenvalue weighted by atomic mass is 9.99. The minimum Gasteiger partial charge on any atom is -0.351 e. The first-order valence-electron chi connectivity index (χ1n) is 9.81. The van der Waals surface area contributed by atoms with E-state index in [-0.39, 0.29) is 17.7 Å². The highest BCUT2D eigenvalue weighted by atomic mass is 16.2. The van der Waals surface area contributed by atoms with E-state index in [9.17, 15) is 9.59 Å². The number of primary amides is 1. The Labute approximate surface area is 174 Å². The van der Waals surface area contributed by atoms with E-state index in [1.54, 1.807) is 12.1 Å². The van der Waals surface area contributed by atoms with E-state index in [1.807, 2.05) is 43.3 Å². The van der Waals surface area contributed by atoms with Crippen molar-refractivity contribution in [3.05, 3.63) is 65.4 Å². The van der Waals surface area contributed by atoms with E-state index in [4.69, 9.17) is 11.1 Å². The van der Waals surface area contributed by atoms with Gasteiger partial charge in [0, 0.05) is 22.7 Å². The summed E-state index contributed by atoms with van der Waals surface area (Å²) in [4.78, 5) is 33.3. The molecule has 0 spiro atoms. The van der Waals surface area contributed by atoms with Gasteiger partial charge >= 0.3 is 6.03 Å². The number of amides is 2. The van der Waals surface area contributed by atoms with E-state index in [1.165, 1.54) is 11.8 Å². The second-order valence-electron chi connectivity index (χ2n) is 7.55. The Kier molecular flexibility index (Phi) is 4.95. The van der Waals surface area contributed by atoms with Crippen molar-refractivity contribution in [1.29, 1.82) is 5.41 Å². The lowest BCUT2D eigenvalue weighted by Gasteiger charge is -2.20. The van der Waals surface area contributed by atoms with Gasteiger partial charge in [0.1, 0.15) is 11.5 Å². The van der Waals surface area contributed by atoms with E-state index >= 15 is 0 Å². The number of nitrogens with two attached hydrogens (primary N) is 1. The summed E-state index contributed by atoms with van der Waals surface area (Å²) < 4.78 is 0. The third-order valence-corrected chi connectivity index (χ3v) is 5.28. The van der Waals surface area contributed by atoms with Crippen LogP contribution < -0.4 is 5.73 Å². The molecule has 2 amide bonds. The largest absolute Gasteiger partial charge is 0.351 e. The maximum Gasteiger partial charge on any atom is 0.320 e. The van der Waals surface area contributed by atoms with Gasteiger partial charge < -0.3 is 10.7 Å². The molecule has 1 fully saturated rings. The zero-order valence-corrected chi connectivity index (χ0v) is 16.9. The molecule has 1 heterocycles. The first kappa shape index (κ1) is 19.6. The number of carbonyl (C=O) groups excluding carboxylic acids is 2. The molecule has 4 rings (SSSR count). The SMILES string of the molecule is CC(=O)c1ccc(C)c(-c2[nH]c(-c3ccccc3)nc2C(=N)N(C(N)=O)C2CC2)c1. The van der Waals surface area contributed by atoms with Crippen molar-refractivity contribution in [3.8, 4) is 22.6 Å². The second-order valence-corrected chi connectivity index (χ2v) is 7.55. The number of hydrogen-bond acceptors (Lipinski definition) is 4. The van der Waals surface area contributed by atoms with Crippen LogP contribution in [0.5, 0.6) is 0 Å². The number of amidine groups is 1. The van der Waals surface area contributed by atoms with Gasteiger partial charge in [0.2, 0.25) is 0 Å². The number of imidazole rings is 1. The molecule has 1 aromatic heterocycles. The number of nitrogens with one attached hydrogen (secondary N) is 2. The molecular formula is C23H23N5O2. The Balaban J connectivity index is 1.90. The molecule has 152 valence electrons. The summed E-state index contributed by atoms with van der Waals surface area (Å²) in [6, 6.07) is 14.3. The topological polar surface area (TPSA) is 116 Å². The summed E-state index contributed by atoms with van der Waals surface area (Å²) in [5, 5.41) is 8.74. The average Bonchev–Trinajstić information content (AvgIpc) is 3.45. The quantitative estimate of drug-likeness (QED) is 0.339. The molecule has 1 aliphatic carbocycles. The molecule has 0 saturated heterocycles. The van der Waals surface area contributed by atoms with Gasteiger partial charge in [-0.25, -0.2) is 9.78 Å². The number of aryl methyl sites for hydroxylation is 1. The van der Waals surface area contributed by atoms with Crippen molar-refractivity contribution < 1.29 is 9.59 Å². The van der Waals surface area contributed by atoms with Crippen LogP contribution in [-0.4, -0.2) is 38.6 Å². The van der Waals surface area contributed by atoms with Gasteiger partial charge in [-0.3, -0.25) is 15.1 Å². The summed E-state index contributed by atoms with van der Waals surface area (Å²) in [5.74, 6) is 0.497. The third kappa shape index (κ3) is 3.61. The first-order chi connectivity index (χ1) is 14.4. The van der Waals surface area contributed by atoms with Crippen molar-refractivity contribution in [1.82, 2.24) is 14.9 Å². The van der Waals surface area contributed by atoms with Crippen LogP contribution in [0.25, 0.3) is 22.6 Å². The number of carbonyl (C=O) groups is 2. The molecular weight excluding hydrogens is 378 g/mol. The maximum atomic E-state index is 12.1. The molecule has 3 aromatic rings. The van der Waals surface area contributed by atoms with E-state index < -0.39 is 6.03 Å². The van der Waals surface area contributed by atoms with Gasteiger partial charge in [0.25, 0.3) is 0 Å². The first-order valence-corrected chi connectivity index (χ1v) is 9.81. The molecule has 0 atom stereocenters. The summed E-state index contributed by atoms with van der Waals surface area (Å²) in [6.45, 7) is 3.45.